The van der Waals surface area contributed by atoms with Crippen molar-refractivity contribution in [3.05, 3.63) is 29.8 Å². The molecule has 3 aliphatic rings. The third-order valence-corrected chi connectivity index (χ3v) is 7.48. The van der Waals surface area contributed by atoms with Crippen LogP contribution in [0.3, 0.4) is 0 Å². The van der Waals surface area contributed by atoms with Crippen LogP contribution < -0.4 is 26.6 Å². The van der Waals surface area contributed by atoms with Crippen molar-refractivity contribution in [2.45, 2.75) is 88.6 Å². The van der Waals surface area contributed by atoms with Crippen LogP contribution in [0.5, 0.6) is 0 Å². The Labute approximate surface area is 216 Å². The molecule has 2 unspecified atom stereocenters. The minimum absolute atomic E-state index is 0.00443. The molecule has 0 bridgehead atoms. The molecule has 0 spiro atoms. The summed E-state index contributed by atoms with van der Waals surface area (Å²) in [6, 6.07) is 4.98. The number of benzene rings is 1. The maximum Gasteiger partial charge on any atom is 0.247 e. The van der Waals surface area contributed by atoms with Crippen LogP contribution in [-0.2, 0) is 30.5 Å². The van der Waals surface area contributed by atoms with Gasteiger partial charge in [0.1, 0.15) is 18.1 Å². The first-order chi connectivity index (χ1) is 17.8. The van der Waals surface area contributed by atoms with Crippen molar-refractivity contribution >= 4 is 35.2 Å². The predicted octanol–water partition coefficient (Wildman–Crippen LogP) is 0.156. The van der Waals surface area contributed by atoms with Crippen LogP contribution in [0.2, 0.25) is 0 Å². The number of fused-ring (bicyclic) bond motifs is 1. The van der Waals surface area contributed by atoms with E-state index >= 15 is 0 Å². The fourth-order valence-corrected chi connectivity index (χ4v) is 5.16. The number of amides is 5. The van der Waals surface area contributed by atoms with Crippen LogP contribution in [-0.4, -0.2) is 71.7 Å². The maximum atomic E-state index is 13.5. The van der Waals surface area contributed by atoms with Crippen molar-refractivity contribution in [1.82, 2.24) is 26.2 Å². The molecule has 1 aromatic carbocycles. The highest BCUT2D eigenvalue weighted by Crippen LogP contribution is 2.31. The largest absolute Gasteiger partial charge is 0.350 e. The molecular formula is C26H36N6O5. The Morgan fingerprint density at radius 1 is 1.08 bits per heavy atom. The molecule has 0 radical (unpaired) electrons. The zero-order valence-corrected chi connectivity index (χ0v) is 21.3. The smallest absolute Gasteiger partial charge is 0.247 e. The molecule has 0 aliphatic carbocycles. The molecule has 5 atom stereocenters. The zero-order valence-electron chi connectivity index (χ0n) is 21.3. The van der Waals surface area contributed by atoms with Gasteiger partial charge in [-0.1, -0.05) is 25.0 Å². The molecule has 5 amide bonds. The number of nitrogens with one attached hydrogen (secondary N) is 5. The quantitative estimate of drug-likeness (QED) is 0.313. The van der Waals surface area contributed by atoms with E-state index in [-0.39, 0.29) is 48.5 Å². The van der Waals surface area contributed by atoms with Crippen LogP contribution in [0.25, 0.3) is 0 Å². The third-order valence-electron chi connectivity index (χ3n) is 7.48. The number of rotatable bonds is 8. The van der Waals surface area contributed by atoms with E-state index in [1.165, 1.54) is 0 Å². The lowest BCUT2D eigenvalue weighted by Crippen LogP contribution is -2.57. The van der Waals surface area contributed by atoms with Gasteiger partial charge in [0.15, 0.2) is 0 Å². The number of likely N-dealkylation sites (N-methyl/N-ethyl adjacent to an activating group) is 1. The predicted molar refractivity (Wildman–Crippen MR) is 136 cm³/mol. The fraction of sp³-hybridized carbons (Fsp3) is 0.577. The molecular weight excluding hydrogens is 476 g/mol. The Bertz CT molecular complexity index is 1050. The Hall–Kier alpha value is -3.47. The summed E-state index contributed by atoms with van der Waals surface area (Å²) in [6.07, 6.45) is 4.73. The summed E-state index contributed by atoms with van der Waals surface area (Å²) in [6.45, 7) is 1.98. The molecule has 5 N–H and O–H groups in total. The van der Waals surface area contributed by atoms with Gasteiger partial charge >= 0.3 is 0 Å². The summed E-state index contributed by atoms with van der Waals surface area (Å²) >= 11 is 0. The lowest BCUT2D eigenvalue weighted by molar-refractivity contribution is -0.144. The van der Waals surface area contributed by atoms with Crippen molar-refractivity contribution in [3.8, 4) is 0 Å². The van der Waals surface area contributed by atoms with Gasteiger partial charge < -0.3 is 31.5 Å². The number of β-lactam (4-membered cyclic amide) rings is 1. The van der Waals surface area contributed by atoms with E-state index in [1.807, 2.05) is 6.07 Å². The van der Waals surface area contributed by atoms with Gasteiger partial charge in [-0.05, 0) is 57.4 Å². The molecule has 3 aliphatic heterocycles. The van der Waals surface area contributed by atoms with Gasteiger partial charge in [-0.25, -0.2) is 0 Å². The normalized spacial score (nSPS) is 26.1. The molecule has 37 heavy (non-hydrogen) atoms. The van der Waals surface area contributed by atoms with Crippen LogP contribution in [0.4, 0.5) is 5.69 Å². The number of nitrogens with zero attached hydrogens (tertiary/aromatic N) is 1. The Morgan fingerprint density at radius 3 is 2.57 bits per heavy atom. The lowest BCUT2D eigenvalue weighted by atomic mass is 9.98. The van der Waals surface area contributed by atoms with E-state index < -0.39 is 24.2 Å². The molecule has 3 heterocycles. The standard InChI is InChI=1S/C26H36N6O5/c1-15(27-2)23(34)31-19-9-4-3-8-18-10-11-21(32(18)26(19)37)25(36)28-14-16-6-5-7-17(12-16)29-24(35)20-13-22(33)30-20/h5-7,12,15,18-21,27H,3-4,8-11,13-14H2,1-2H3,(H,28,36)(H,29,35)(H,30,33)(H,31,34)/t15-,18-,19?,20+,21?/m0/s1. The molecule has 4 rings (SSSR count). The molecule has 11 heteroatoms. The Kier molecular flexibility index (Phi) is 8.42. The molecule has 3 saturated heterocycles. The third kappa shape index (κ3) is 6.27. The second kappa shape index (κ2) is 11.7. The van der Waals surface area contributed by atoms with Crippen molar-refractivity contribution in [1.29, 1.82) is 0 Å². The van der Waals surface area contributed by atoms with Crippen molar-refractivity contribution in [2.75, 3.05) is 12.4 Å². The molecule has 200 valence electrons. The van der Waals surface area contributed by atoms with Crippen LogP contribution >= 0.6 is 0 Å². The van der Waals surface area contributed by atoms with Gasteiger partial charge in [0.2, 0.25) is 29.5 Å². The highest BCUT2D eigenvalue weighted by atomic mass is 16.2. The van der Waals surface area contributed by atoms with Crippen molar-refractivity contribution in [2.24, 2.45) is 0 Å². The van der Waals surface area contributed by atoms with Crippen LogP contribution in [0, 0.1) is 0 Å². The van der Waals surface area contributed by atoms with E-state index in [9.17, 15) is 24.0 Å². The summed E-state index contributed by atoms with van der Waals surface area (Å²) in [5, 5.41) is 14.0. The van der Waals surface area contributed by atoms with Crippen molar-refractivity contribution < 1.29 is 24.0 Å². The van der Waals surface area contributed by atoms with Gasteiger partial charge in [0, 0.05) is 18.3 Å². The molecule has 3 fully saturated rings. The first kappa shape index (κ1) is 26.6. The lowest BCUT2D eigenvalue weighted by Gasteiger charge is -2.35. The average molecular weight is 513 g/mol. The number of hydrogen-bond acceptors (Lipinski definition) is 6. The van der Waals surface area contributed by atoms with E-state index in [0.717, 1.165) is 31.2 Å². The summed E-state index contributed by atoms with van der Waals surface area (Å²) in [5.41, 5.74) is 1.37. The molecule has 1 aromatic rings. The first-order valence-electron chi connectivity index (χ1n) is 13.0. The fourth-order valence-electron chi connectivity index (χ4n) is 5.16. The first-order valence-corrected chi connectivity index (χ1v) is 13.0. The van der Waals surface area contributed by atoms with E-state index in [2.05, 4.69) is 26.6 Å². The van der Waals surface area contributed by atoms with Gasteiger partial charge in [-0.15, -0.1) is 0 Å². The monoisotopic (exact) mass is 512 g/mol. The Morgan fingerprint density at radius 2 is 1.84 bits per heavy atom. The van der Waals surface area contributed by atoms with Crippen LogP contribution in [0.15, 0.2) is 24.3 Å². The van der Waals surface area contributed by atoms with Gasteiger partial charge in [-0.2, -0.15) is 0 Å². The van der Waals surface area contributed by atoms with E-state index in [4.69, 9.17) is 0 Å². The zero-order chi connectivity index (χ0) is 26.5. The minimum Gasteiger partial charge on any atom is -0.350 e. The topological polar surface area (TPSA) is 149 Å². The minimum atomic E-state index is -0.639. The highest BCUT2D eigenvalue weighted by Gasteiger charge is 2.44. The highest BCUT2D eigenvalue weighted by molar-refractivity contribution is 6.03. The summed E-state index contributed by atoms with van der Waals surface area (Å²) < 4.78 is 0. The molecule has 0 saturated carbocycles. The SMILES string of the molecule is CN[C@@H](C)C(=O)NC1CCCC[C@H]2CCC(C(=O)NCc3cccc(NC(=O)[C@H]4CC(=O)N4)c3)N2C1=O. The van der Waals surface area contributed by atoms with Gasteiger partial charge in [0.05, 0.1) is 12.5 Å². The van der Waals surface area contributed by atoms with E-state index in [1.54, 1.807) is 37.1 Å². The average Bonchev–Trinajstić information content (AvgIpc) is 3.28. The van der Waals surface area contributed by atoms with Gasteiger partial charge in [0.25, 0.3) is 0 Å². The maximum absolute atomic E-state index is 13.5. The number of hydrogen-bond donors (Lipinski definition) is 5. The number of carbonyl (C=O) groups excluding carboxylic acids is 5. The van der Waals surface area contributed by atoms with Crippen LogP contribution in [0.1, 0.15) is 57.4 Å². The summed E-state index contributed by atoms with van der Waals surface area (Å²) in [4.78, 5) is 64.1. The van der Waals surface area contributed by atoms with Crippen molar-refractivity contribution in [3.63, 3.8) is 0 Å². The molecule has 11 nitrogen and oxygen atoms in total. The summed E-state index contributed by atoms with van der Waals surface area (Å²) in [7, 11) is 1.69. The molecule has 0 aromatic heterocycles. The second-order valence-electron chi connectivity index (χ2n) is 10.1. The second-order valence-corrected chi connectivity index (χ2v) is 10.1. The number of anilines is 1. The summed E-state index contributed by atoms with van der Waals surface area (Å²) in [5.74, 6) is -1.07. The number of carbonyl (C=O) groups is 5. The van der Waals surface area contributed by atoms with Gasteiger partial charge in [-0.3, -0.25) is 24.0 Å². The van der Waals surface area contributed by atoms with E-state index in [0.29, 0.717) is 18.5 Å². The Balaban J connectivity index is 1.37.